The van der Waals surface area contributed by atoms with Gasteiger partial charge in [0.1, 0.15) is 0 Å². The van der Waals surface area contributed by atoms with Gasteiger partial charge >= 0.3 is 0 Å². The molecule has 0 saturated carbocycles. The Balaban J connectivity index is 1.37. The quantitative estimate of drug-likeness (QED) is 0.753. The Hall–Kier alpha value is -2.73. The van der Waals surface area contributed by atoms with Crippen LogP contribution in [0.3, 0.4) is 0 Å². The highest BCUT2D eigenvalue weighted by molar-refractivity contribution is 5.97. The summed E-state index contributed by atoms with van der Waals surface area (Å²) >= 11 is 0. The number of H-pyrrole nitrogens is 2. The van der Waals surface area contributed by atoms with E-state index in [0.29, 0.717) is 12.4 Å². The second kappa shape index (κ2) is 6.78. The van der Waals surface area contributed by atoms with Crippen LogP contribution in [-0.2, 0) is 19.5 Å². The zero-order chi connectivity index (χ0) is 18.2. The minimum absolute atomic E-state index is 0.00961. The maximum Gasteiger partial charge on any atom is 0.255 e. The van der Waals surface area contributed by atoms with Gasteiger partial charge in [0, 0.05) is 43.8 Å². The number of nitrogens with zero attached hydrogens (tertiary/aromatic N) is 3. The molecule has 2 aliphatic rings. The molecule has 1 aromatic carbocycles. The second-order valence-electron chi connectivity index (χ2n) is 7.47. The second-order valence-corrected chi connectivity index (χ2v) is 7.47. The van der Waals surface area contributed by atoms with E-state index in [1.807, 2.05) is 6.07 Å². The molecule has 0 unspecified atom stereocenters. The van der Waals surface area contributed by atoms with Crippen molar-refractivity contribution >= 4 is 16.6 Å². The van der Waals surface area contributed by atoms with Crippen molar-refractivity contribution in [3.63, 3.8) is 0 Å². The molecule has 27 heavy (non-hydrogen) atoms. The number of hydrogen-bond acceptors (Lipinski definition) is 4. The van der Waals surface area contributed by atoms with E-state index in [0.717, 1.165) is 67.8 Å². The fraction of sp³-hybridized carbons (Fsp3) is 0.381. The lowest BCUT2D eigenvalue weighted by Crippen LogP contribution is -2.36. The Labute approximate surface area is 157 Å². The molecule has 6 heteroatoms. The molecule has 0 atom stereocenters. The predicted octanol–water partition coefficient (Wildman–Crippen LogP) is 2.78. The first kappa shape index (κ1) is 16.4. The standard InChI is InChI=1S/C21H23N5O/c27-21-16-13-26(12-15-11-14-5-1-2-6-17(14)23-15)10-8-18(16)24-20(25-21)19-7-3-4-9-22-19/h1-2,5-6,11,23H,3-4,7-10,12-13H2,(H,24,25,27). The molecule has 0 bridgehead atoms. The van der Waals surface area contributed by atoms with E-state index in [2.05, 4.69) is 44.1 Å². The first-order valence-corrected chi connectivity index (χ1v) is 9.71. The summed E-state index contributed by atoms with van der Waals surface area (Å²) < 4.78 is 0. The van der Waals surface area contributed by atoms with Gasteiger partial charge in [-0.25, -0.2) is 4.98 Å². The molecule has 6 nitrogen and oxygen atoms in total. The summed E-state index contributed by atoms with van der Waals surface area (Å²) in [7, 11) is 0. The number of aromatic amines is 2. The van der Waals surface area contributed by atoms with Crippen molar-refractivity contribution in [2.24, 2.45) is 4.99 Å². The van der Waals surface area contributed by atoms with Crippen molar-refractivity contribution < 1.29 is 0 Å². The van der Waals surface area contributed by atoms with Crippen LogP contribution in [0.1, 0.15) is 42.0 Å². The lowest BCUT2D eigenvalue weighted by atomic mass is 10.0. The van der Waals surface area contributed by atoms with Crippen LogP contribution in [0.15, 0.2) is 40.1 Å². The van der Waals surface area contributed by atoms with E-state index in [-0.39, 0.29) is 5.56 Å². The van der Waals surface area contributed by atoms with Crippen LogP contribution in [0, 0.1) is 0 Å². The third kappa shape index (κ3) is 3.21. The van der Waals surface area contributed by atoms with Gasteiger partial charge in [0.15, 0.2) is 5.82 Å². The normalized spacial score (nSPS) is 17.7. The summed E-state index contributed by atoms with van der Waals surface area (Å²) in [6.45, 7) is 3.20. The molecule has 2 N–H and O–H groups in total. The number of nitrogens with one attached hydrogen (secondary N) is 2. The van der Waals surface area contributed by atoms with Gasteiger partial charge in [-0.2, -0.15) is 0 Å². The number of hydrogen-bond donors (Lipinski definition) is 2. The van der Waals surface area contributed by atoms with Crippen molar-refractivity contribution in [1.29, 1.82) is 0 Å². The van der Waals surface area contributed by atoms with Crippen LogP contribution in [-0.4, -0.2) is 38.7 Å². The van der Waals surface area contributed by atoms with Gasteiger partial charge in [0.05, 0.1) is 17.0 Å². The zero-order valence-electron chi connectivity index (χ0n) is 15.3. The van der Waals surface area contributed by atoms with E-state index in [9.17, 15) is 4.79 Å². The van der Waals surface area contributed by atoms with Crippen molar-refractivity contribution in [2.75, 3.05) is 13.1 Å². The molecule has 0 aliphatic carbocycles. The molecule has 0 amide bonds. The molecule has 0 fully saturated rings. The predicted molar refractivity (Wildman–Crippen MR) is 106 cm³/mol. The topological polar surface area (TPSA) is 77.1 Å². The SMILES string of the molecule is O=c1[nH]c(C2=NCCCC2)nc2c1CN(Cc1cc3ccccc3[nH]1)CC2. The van der Waals surface area contributed by atoms with Crippen LogP contribution in [0.4, 0.5) is 0 Å². The van der Waals surface area contributed by atoms with Crippen LogP contribution < -0.4 is 5.56 Å². The molecule has 0 spiro atoms. The molecule has 0 saturated heterocycles. The van der Waals surface area contributed by atoms with Gasteiger partial charge in [-0.15, -0.1) is 0 Å². The van der Waals surface area contributed by atoms with Crippen LogP contribution in [0.2, 0.25) is 0 Å². The number of para-hydroxylation sites is 1. The Morgan fingerprint density at radius 3 is 2.89 bits per heavy atom. The largest absolute Gasteiger partial charge is 0.357 e. The van der Waals surface area contributed by atoms with Crippen molar-refractivity contribution in [2.45, 2.75) is 38.8 Å². The summed E-state index contributed by atoms with van der Waals surface area (Å²) in [4.78, 5) is 30.7. The first-order chi connectivity index (χ1) is 13.3. The Morgan fingerprint density at radius 1 is 1.11 bits per heavy atom. The Bertz CT molecular complexity index is 1040. The smallest absolute Gasteiger partial charge is 0.255 e. The van der Waals surface area contributed by atoms with Crippen LogP contribution in [0.25, 0.3) is 10.9 Å². The maximum absolute atomic E-state index is 12.7. The fourth-order valence-electron chi connectivity index (χ4n) is 4.10. The highest BCUT2D eigenvalue weighted by Gasteiger charge is 2.23. The van der Waals surface area contributed by atoms with E-state index in [4.69, 9.17) is 4.98 Å². The van der Waals surface area contributed by atoms with Gasteiger partial charge in [-0.1, -0.05) is 18.2 Å². The fourth-order valence-corrected chi connectivity index (χ4v) is 4.10. The molecular formula is C21H23N5O. The molecule has 5 rings (SSSR count). The van der Waals surface area contributed by atoms with Crippen molar-refractivity contribution in [1.82, 2.24) is 19.9 Å². The molecular weight excluding hydrogens is 338 g/mol. The molecule has 2 aliphatic heterocycles. The lowest BCUT2D eigenvalue weighted by molar-refractivity contribution is 0.239. The average molecular weight is 361 g/mol. The maximum atomic E-state index is 12.7. The van der Waals surface area contributed by atoms with Gasteiger partial charge in [-0.05, 0) is 36.8 Å². The first-order valence-electron chi connectivity index (χ1n) is 9.71. The van der Waals surface area contributed by atoms with Gasteiger partial charge in [-0.3, -0.25) is 14.7 Å². The Kier molecular flexibility index (Phi) is 4.13. The van der Waals surface area contributed by atoms with Crippen LogP contribution in [0.5, 0.6) is 0 Å². The monoisotopic (exact) mass is 361 g/mol. The van der Waals surface area contributed by atoms with Crippen LogP contribution >= 0.6 is 0 Å². The van der Waals surface area contributed by atoms with Gasteiger partial charge in [0.2, 0.25) is 0 Å². The minimum Gasteiger partial charge on any atom is -0.357 e. The minimum atomic E-state index is -0.00961. The third-order valence-corrected chi connectivity index (χ3v) is 5.53. The van der Waals surface area contributed by atoms with E-state index < -0.39 is 0 Å². The number of aliphatic imine (C=N–C) groups is 1. The summed E-state index contributed by atoms with van der Waals surface area (Å²) in [6, 6.07) is 10.5. The molecule has 138 valence electrons. The van der Waals surface area contributed by atoms with E-state index in [1.54, 1.807) is 0 Å². The van der Waals surface area contributed by atoms with E-state index in [1.165, 1.54) is 11.1 Å². The Morgan fingerprint density at radius 2 is 2.04 bits per heavy atom. The summed E-state index contributed by atoms with van der Waals surface area (Å²) in [5.74, 6) is 0.683. The number of fused-ring (bicyclic) bond motifs is 2. The lowest BCUT2D eigenvalue weighted by Gasteiger charge is -2.27. The molecule has 2 aromatic heterocycles. The highest BCUT2D eigenvalue weighted by atomic mass is 16.1. The van der Waals surface area contributed by atoms with E-state index >= 15 is 0 Å². The van der Waals surface area contributed by atoms with Gasteiger partial charge < -0.3 is 9.97 Å². The summed E-state index contributed by atoms with van der Waals surface area (Å²) in [5, 5.41) is 1.22. The number of aromatic nitrogens is 3. The molecule has 3 aromatic rings. The number of benzene rings is 1. The molecule has 0 radical (unpaired) electrons. The highest BCUT2D eigenvalue weighted by Crippen LogP contribution is 2.20. The number of rotatable bonds is 3. The van der Waals surface area contributed by atoms with Gasteiger partial charge in [0.25, 0.3) is 5.56 Å². The van der Waals surface area contributed by atoms with Crippen molar-refractivity contribution in [3.05, 3.63) is 63.5 Å². The summed E-state index contributed by atoms with van der Waals surface area (Å²) in [6.07, 6.45) is 3.97. The molecule has 4 heterocycles. The average Bonchev–Trinajstić information content (AvgIpc) is 3.11. The third-order valence-electron chi connectivity index (χ3n) is 5.53. The summed E-state index contributed by atoms with van der Waals surface area (Å²) in [5.41, 5.74) is 5.03. The zero-order valence-corrected chi connectivity index (χ0v) is 15.3. The van der Waals surface area contributed by atoms with Crippen molar-refractivity contribution in [3.8, 4) is 0 Å².